The lowest BCUT2D eigenvalue weighted by atomic mass is 9.90. The van der Waals surface area contributed by atoms with E-state index in [0.717, 1.165) is 11.4 Å². The molecule has 0 fully saturated rings. The number of hydrogen-bond donors (Lipinski definition) is 0. The van der Waals surface area contributed by atoms with Gasteiger partial charge in [-0.15, -0.1) is 0 Å². The predicted octanol–water partition coefficient (Wildman–Crippen LogP) is 15.1. The third kappa shape index (κ3) is 5.82. The Morgan fingerprint density at radius 1 is 0.259 bits per heavy atom. The van der Waals surface area contributed by atoms with Crippen LogP contribution in [0.15, 0.2) is 231 Å². The Morgan fingerprint density at radius 3 is 1.41 bits per heavy atom. The second-order valence-corrected chi connectivity index (χ2v) is 15.0. The van der Waals surface area contributed by atoms with Crippen molar-refractivity contribution in [1.82, 2.24) is 9.13 Å². The van der Waals surface area contributed by atoms with Gasteiger partial charge in [-0.1, -0.05) is 164 Å². The highest BCUT2D eigenvalue weighted by Crippen LogP contribution is 2.42. The minimum atomic E-state index is 1.13. The Morgan fingerprint density at radius 2 is 0.793 bits per heavy atom. The number of fused-ring (bicyclic) bond motifs is 5. The molecule has 0 bridgehead atoms. The van der Waals surface area contributed by atoms with Crippen molar-refractivity contribution in [2.45, 2.75) is 0 Å². The first kappa shape index (κ1) is 33.6. The van der Waals surface area contributed by atoms with Crippen molar-refractivity contribution < 1.29 is 0 Å². The second-order valence-electron chi connectivity index (χ2n) is 15.0. The van der Waals surface area contributed by atoms with Crippen LogP contribution in [0.25, 0.3) is 99.7 Å². The fourth-order valence-corrected chi connectivity index (χ4v) is 8.77. The van der Waals surface area contributed by atoms with Gasteiger partial charge >= 0.3 is 0 Å². The highest BCUT2D eigenvalue weighted by molar-refractivity contribution is 6.19. The van der Waals surface area contributed by atoms with Crippen molar-refractivity contribution >= 4 is 32.7 Å². The summed E-state index contributed by atoms with van der Waals surface area (Å²) in [5, 5.41) is 3.67. The smallest absolute Gasteiger partial charge is 0.0635 e. The van der Waals surface area contributed by atoms with Gasteiger partial charge in [-0.3, -0.25) is 0 Å². The van der Waals surface area contributed by atoms with Crippen LogP contribution in [0.4, 0.5) is 0 Å². The van der Waals surface area contributed by atoms with Gasteiger partial charge < -0.3 is 9.13 Å². The topological polar surface area (TPSA) is 9.86 Å². The average Bonchev–Trinajstić information content (AvgIpc) is 3.89. The maximum atomic E-state index is 2.45. The summed E-state index contributed by atoms with van der Waals surface area (Å²) >= 11 is 0. The zero-order chi connectivity index (χ0) is 38.4. The van der Waals surface area contributed by atoms with Gasteiger partial charge in [0.1, 0.15) is 0 Å². The maximum Gasteiger partial charge on any atom is 0.0635 e. The van der Waals surface area contributed by atoms with Crippen molar-refractivity contribution in [3.63, 3.8) is 0 Å². The van der Waals surface area contributed by atoms with Crippen molar-refractivity contribution in [3.8, 4) is 67.0 Å². The van der Waals surface area contributed by atoms with E-state index < -0.39 is 0 Å². The second kappa shape index (κ2) is 14.1. The quantitative estimate of drug-likeness (QED) is 0.154. The van der Waals surface area contributed by atoms with Crippen LogP contribution in [0.2, 0.25) is 0 Å². The van der Waals surface area contributed by atoms with Gasteiger partial charge in [0.05, 0.1) is 16.6 Å². The molecule has 0 spiro atoms. The van der Waals surface area contributed by atoms with Gasteiger partial charge in [0.2, 0.25) is 0 Å². The van der Waals surface area contributed by atoms with Crippen LogP contribution in [0.1, 0.15) is 0 Å². The molecule has 0 N–H and O–H groups in total. The van der Waals surface area contributed by atoms with Crippen molar-refractivity contribution in [2.24, 2.45) is 0 Å². The molecule has 0 amide bonds. The third-order valence-electron chi connectivity index (χ3n) is 11.5. The molecule has 58 heavy (non-hydrogen) atoms. The first-order chi connectivity index (χ1) is 28.8. The molecule has 2 heteroatoms. The molecule has 0 saturated carbocycles. The van der Waals surface area contributed by atoms with E-state index in [4.69, 9.17) is 0 Å². The molecule has 0 aliphatic heterocycles. The normalized spacial score (nSPS) is 11.4. The van der Waals surface area contributed by atoms with Crippen LogP contribution in [-0.4, -0.2) is 9.13 Å². The molecule has 0 radical (unpaired) electrons. The molecule has 2 heterocycles. The number of para-hydroxylation sites is 1. The molecule has 272 valence electrons. The Kier molecular flexibility index (Phi) is 8.19. The summed E-state index contributed by atoms with van der Waals surface area (Å²) < 4.78 is 4.81. The molecule has 11 rings (SSSR count). The molecule has 0 saturated heterocycles. The zero-order valence-corrected chi connectivity index (χ0v) is 31.8. The SMILES string of the molecule is c1ccc(-c2cc(-c3ccccc3)cc(-n3ccc4c3ccc3c5cc(-c6cc(-c7ccccc7)ccc6-c6ccccc6)ccc5n(-c5ccccc5)c34)c2)cc1. The Hall–Kier alpha value is -7.68. The highest BCUT2D eigenvalue weighted by atomic mass is 15.0. The molecule has 9 aromatic carbocycles. The van der Waals surface area contributed by atoms with Crippen LogP contribution >= 0.6 is 0 Å². The third-order valence-corrected chi connectivity index (χ3v) is 11.5. The minimum Gasteiger partial charge on any atom is -0.316 e. The summed E-state index contributed by atoms with van der Waals surface area (Å²) in [4.78, 5) is 0. The van der Waals surface area contributed by atoms with Gasteiger partial charge in [0.25, 0.3) is 0 Å². The van der Waals surface area contributed by atoms with Crippen molar-refractivity contribution in [3.05, 3.63) is 231 Å². The van der Waals surface area contributed by atoms with E-state index >= 15 is 0 Å². The van der Waals surface area contributed by atoms with E-state index in [1.54, 1.807) is 0 Å². The fraction of sp³-hybridized carbons (Fsp3) is 0. The summed E-state index contributed by atoms with van der Waals surface area (Å²) in [6.45, 7) is 0. The van der Waals surface area contributed by atoms with Crippen LogP contribution < -0.4 is 0 Å². The standard InChI is InChI=1S/C56H38N2/c1-6-16-39(17-7-1)43-26-28-49(42-22-12-4-13-23-42)52(37-43)44-27-30-55-53(38-44)50-29-31-54-51(56(50)58(55)47-24-14-5-15-25-47)32-33-57(54)48-35-45(40-18-8-2-9-19-40)34-46(36-48)41-20-10-3-11-21-41/h1-38H. The first-order valence-electron chi connectivity index (χ1n) is 19.9. The number of hydrogen-bond acceptors (Lipinski definition) is 0. The van der Waals surface area contributed by atoms with E-state index in [0.29, 0.717) is 0 Å². The van der Waals surface area contributed by atoms with E-state index in [2.05, 4.69) is 240 Å². The summed E-state index contributed by atoms with van der Waals surface area (Å²) in [7, 11) is 0. The van der Waals surface area contributed by atoms with E-state index in [1.807, 2.05) is 0 Å². The molecular formula is C56H38N2. The van der Waals surface area contributed by atoms with E-state index in [1.165, 1.54) is 88.3 Å². The lowest BCUT2D eigenvalue weighted by Crippen LogP contribution is -1.96. The summed E-state index contributed by atoms with van der Waals surface area (Å²) in [5.74, 6) is 0. The molecule has 11 aromatic rings. The lowest BCUT2D eigenvalue weighted by molar-refractivity contribution is 1.13. The predicted molar refractivity (Wildman–Crippen MR) is 245 cm³/mol. The molecule has 0 aliphatic carbocycles. The van der Waals surface area contributed by atoms with Crippen molar-refractivity contribution in [1.29, 1.82) is 0 Å². The fourth-order valence-electron chi connectivity index (χ4n) is 8.77. The van der Waals surface area contributed by atoms with Gasteiger partial charge in [0.15, 0.2) is 0 Å². The number of nitrogens with zero attached hydrogens (tertiary/aromatic N) is 2. The van der Waals surface area contributed by atoms with Crippen molar-refractivity contribution in [2.75, 3.05) is 0 Å². The molecule has 0 unspecified atom stereocenters. The molecule has 0 aliphatic rings. The Balaban J connectivity index is 1.14. The van der Waals surface area contributed by atoms with E-state index in [9.17, 15) is 0 Å². The number of benzene rings is 9. The van der Waals surface area contributed by atoms with E-state index in [-0.39, 0.29) is 0 Å². The minimum absolute atomic E-state index is 1.13. The molecule has 0 atom stereocenters. The largest absolute Gasteiger partial charge is 0.316 e. The first-order valence-corrected chi connectivity index (χ1v) is 19.9. The van der Waals surface area contributed by atoms with Crippen LogP contribution in [0.3, 0.4) is 0 Å². The monoisotopic (exact) mass is 738 g/mol. The van der Waals surface area contributed by atoms with Gasteiger partial charge in [0, 0.05) is 33.7 Å². The highest BCUT2D eigenvalue weighted by Gasteiger charge is 2.19. The van der Waals surface area contributed by atoms with Crippen LogP contribution in [0, 0.1) is 0 Å². The Labute approximate surface area is 338 Å². The molecule has 2 nitrogen and oxygen atoms in total. The lowest BCUT2D eigenvalue weighted by Gasteiger charge is -2.14. The average molecular weight is 739 g/mol. The number of aromatic nitrogens is 2. The summed E-state index contributed by atoms with van der Waals surface area (Å²) in [5.41, 5.74) is 17.9. The molecule has 2 aromatic heterocycles. The zero-order valence-electron chi connectivity index (χ0n) is 31.8. The van der Waals surface area contributed by atoms with Gasteiger partial charge in [-0.25, -0.2) is 0 Å². The molecular weight excluding hydrogens is 701 g/mol. The van der Waals surface area contributed by atoms with Gasteiger partial charge in [-0.05, 0) is 116 Å². The summed E-state index contributed by atoms with van der Waals surface area (Å²) in [6, 6.07) is 81.4. The maximum absolute atomic E-state index is 2.45. The van der Waals surface area contributed by atoms with Crippen LogP contribution in [-0.2, 0) is 0 Å². The number of rotatable bonds is 7. The Bertz CT molecular complexity index is 3170. The van der Waals surface area contributed by atoms with Gasteiger partial charge in [-0.2, -0.15) is 0 Å². The summed E-state index contributed by atoms with van der Waals surface area (Å²) in [6.07, 6.45) is 2.24. The van der Waals surface area contributed by atoms with Crippen LogP contribution in [0.5, 0.6) is 0 Å².